The van der Waals surface area contributed by atoms with E-state index in [2.05, 4.69) is 0 Å². The Kier molecular flexibility index (Phi) is 2.88. The molecule has 0 aliphatic carbocycles. The zero-order valence-corrected chi connectivity index (χ0v) is 13.5. The topological polar surface area (TPSA) is 75.6 Å². The number of phenolic OH excluding ortho intramolecular Hbond substituents is 2. The Hall–Kier alpha value is -3.73. The molecule has 126 valence electrons. The Morgan fingerprint density at radius 3 is 2.31 bits per heavy atom. The molecule has 2 aromatic heterocycles. The predicted octanol–water partition coefficient (Wildman–Crippen LogP) is 4.30. The van der Waals surface area contributed by atoms with Crippen molar-refractivity contribution in [2.75, 3.05) is 0 Å². The number of benzene rings is 3. The highest BCUT2D eigenvalue weighted by Crippen LogP contribution is 2.37. The predicted molar refractivity (Wildman–Crippen MR) is 100 cm³/mol. The lowest BCUT2D eigenvalue weighted by Crippen LogP contribution is -2.18. The summed E-state index contributed by atoms with van der Waals surface area (Å²) in [6.07, 6.45) is 0. The van der Waals surface area contributed by atoms with Crippen LogP contribution < -0.4 is 5.56 Å². The van der Waals surface area contributed by atoms with Crippen LogP contribution in [0.15, 0.2) is 75.9 Å². The van der Waals surface area contributed by atoms with Crippen molar-refractivity contribution in [1.82, 2.24) is 4.57 Å². The van der Waals surface area contributed by atoms with Gasteiger partial charge in [0.1, 0.15) is 11.2 Å². The first-order chi connectivity index (χ1) is 12.6. The second-order valence-corrected chi connectivity index (χ2v) is 6.14. The number of nitrogens with zero attached hydrogens (tertiary/aromatic N) is 1. The van der Waals surface area contributed by atoms with Crippen LogP contribution in [0, 0.1) is 0 Å². The number of aromatic nitrogens is 1. The van der Waals surface area contributed by atoms with Gasteiger partial charge >= 0.3 is 0 Å². The van der Waals surface area contributed by atoms with Gasteiger partial charge in [-0.2, -0.15) is 0 Å². The molecule has 0 saturated heterocycles. The smallest absolute Gasteiger partial charge is 0.267 e. The maximum Gasteiger partial charge on any atom is 0.267 e. The van der Waals surface area contributed by atoms with Gasteiger partial charge in [-0.25, -0.2) is 0 Å². The summed E-state index contributed by atoms with van der Waals surface area (Å²) in [6, 6.07) is 19.6. The molecule has 5 nitrogen and oxygen atoms in total. The molecule has 26 heavy (non-hydrogen) atoms. The van der Waals surface area contributed by atoms with Gasteiger partial charge in [0.2, 0.25) is 0 Å². The Balaban J connectivity index is 2.08. The molecule has 0 unspecified atom stereocenters. The van der Waals surface area contributed by atoms with Gasteiger partial charge in [-0.3, -0.25) is 9.36 Å². The van der Waals surface area contributed by atoms with E-state index in [9.17, 15) is 15.0 Å². The molecular formula is C21H13NO4. The molecule has 3 aromatic carbocycles. The van der Waals surface area contributed by atoms with Gasteiger partial charge in [-0.05, 0) is 30.3 Å². The van der Waals surface area contributed by atoms with E-state index in [-0.39, 0.29) is 17.1 Å². The van der Waals surface area contributed by atoms with Crippen LogP contribution in [0.5, 0.6) is 11.5 Å². The summed E-state index contributed by atoms with van der Waals surface area (Å²) < 4.78 is 7.52. The van der Waals surface area contributed by atoms with Crippen molar-refractivity contribution < 1.29 is 14.6 Å². The first kappa shape index (κ1) is 14.6. The maximum atomic E-state index is 13.4. The molecule has 2 N–H and O–H groups in total. The van der Waals surface area contributed by atoms with Crippen LogP contribution in [-0.2, 0) is 0 Å². The minimum atomic E-state index is -0.293. The molecule has 0 aliphatic heterocycles. The summed E-state index contributed by atoms with van der Waals surface area (Å²) in [4.78, 5) is 13.4. The second kappa shape index (κ2) is 5.13. The fourth-order valence-electron chi connectivity index (χ4n) is 3.44. The van der Waals surface area contributed by atoms with Crippen LogP contribution >= 0.6 is 0 Å². The van der Waals surface area contributed by atoms with E-state index in [0.29, 0.717) is 21.9 Å². The number of hydrogen-bond acceptors (Lipinski definition) is 4. The van der Waals surface area contributed by atoms with Gasteiger partial charge in [-0.1, -0.05) is 30.3 Å². The van der Waals surface area contributed by atoms with Crippen LogP contribution in [0.25, 0.3) is 38.5 Å². The highest BCUT2D eigenvalue weighted by atomic mass is 16.3. The molecule has 5 aromatic rings. The van der Waals surface area contributed by atoms with Gasteiger partial charge in [0.25, 0.3) is 5.56 Å². The Morgan fingerprint density at radius 2 is 1.50 bits per heavy atom. The summed E-state index contributed by atoms with van der Waals surface area (Å²) >= 11 is 0. The summed E-state index contributed by atoms with van der Waals surface area (Å²) in [5, 5.41) is 21.3. The number of furan rings is 1. The molecule has 0 spiro atoms. The van der Waals surface area contributed by atoms with Gasteiger partial charge in [0.15, 0.2) is 11.5 Å². The van der Waals surface area contributed by atoms with E-state index in [1.54, 1.807) is 4.57 Å². The van der Waals surface area contributed by atoms with Gasteiger partial charge in [0, 0.05) is 22.5 Å². The standard InChI is InChI=1S/C21H13NO4/c23-16-10-14-18(11-17(16)24)26-20-13-8-4-5-9-15(13)22(21(25)19(14)20)12-6-2-1-3-7-12/h1-11,23-24H. The lowest BCUT2D eigenvalue weighted by molar-refractivity contribution is 0.404. The molecule has 5 rings (SSSR count). The third-order valence-corrected chi connectivity index (χ3v) is 4.61. The highest BCUT2D eigenvalue weighted by molar-refractivity contribution is 6.14. The average Bonchev–Trinajstić information content (AvgIpc) is 3.02. The zero-order valence-electron chi connectivity index (χ0n) is 13.5. The molecule has 0 aliphatic rings. The number of para-hydroxylation sites is 2. The third kappa shape index (κ3) is 1.88. The third-order valence-electron chi connectivity index (χ3n) is 4.61. The maximum absolute atomic E-state index is 13.4. The number of rotatable bonds is 1. The van der Waals surface area contributed by atoms with E-state index in [1.165, 1.54) is 12.1 Å². The lowest BCUT2D eigenvalue weighted by Gasteiger charge is -2.10. The van der Waals surface area contributed by atoms with Crippen molar-refractivity contribution >= 4 is 32.8 Å². The largest absolute Gasteiger partial charge is 0.504 e. The van der Waals surface area contributed by atoms with Crippen LogP contribution in [-0.4, -0.2) is 14.8 Å². The molecule has 0 bridgehead atoms. The molecule has 0 saturated carbocycles. The number of hydrogen-bond donors (Lipinski definition) is 2. The summed E-state index contributed by atoms with van der Waals surface area (Å²) in [5.41, 5.74) is 2.02. The monoisotopic (exact) mass is 343 g/mol. The fraction of sp³-hybridized carbons (Fsp3) is 0. The second-order valence-electron chi connectivity index (χ2n) is 6.14. The number of phenols is 2. The molecule has 0 fully saturated rings. The first-order valence-electron chi connectivity index (χ1n) is 8.12. The summed E-state index contributed by atoms with van der Waals surface area (Å²) in [6.45, 7) is 0. The molecule has 2 heterocycles. The Labute approximate surface area is 147 Å². The molecule has 0 radical (unpaired) electrons. The Bertz CT molecular complexity index is 1360. The van der Waals surface area contributed by atoms with Gasteiger partial charge < -0.3 is 14.6 Å². The molecule has 0 amide bonds. The molecule has 0 atom stereocenters. The van der Waals surface area contributed by atoms with Crippen molar-refractivity contribution in [3.63, 3.8) is 0 Å². The van der Waals surface area contributed by atoms with Gasteiger partial charge in [-0.15, -0.1) is 0 Å². The van der Waals surface area contributed by atoms with E-state index in [1.807, 2.05) is 54.6 Å². The quantitative estimate of drug-likeness (QED) is 0.445. The summed E-state index contributed by atoms with van der Waals surface area (Å²) in [7, 11) is 0. The minimum absolute atomic E-state index is 0.242. The average molecular weight is 343 g/mol. The van der Waals surface area contributed by atoms with Crippen LogP contribution in [0.2, 0.25) is 0 Å². The van der Waals surface area contributed by atoms with Crippen molar-refractivity contribution in [2.24, 2.45) is 0 Å². The normalized spacial score (nSPS) is 11.5. The van der Waals surface area contributed by atoms with Crippen LogP contribution in [0.1, 0.15) is 0 Å². The van der Waals surface area contributed by atoms with Gasteiger partial charge in [0.05, 0.1) is 10.9 Å². The number of fused-ring (bicyclic) bond motifs is 5. The highest BCUT2D eigenvalue weighted by Gasteiger charge is 2.19. The van der Waals surface area contributed by atoms with Crippen LogP contribution in [0.3, 0.4) is 0 Å². The summed E-state index contributed by atoms with van der Waals surface area (Å²) in [5.74, 6) is -0.580. The molecule has 5 heteroatoms. The molecular weight excluding hydrogens is 330 g/mol. The van der Waals surface area contributed by atoms with E-state index >= 15 is 0 Å². The Morgan fingerprint density at radius 1 is 0.808 bits per heavy atom. The lowest BCUT2D eigenvalue weighted by atomic mass is 10.1. The van der Waals surface area contributed by atoms with Crippen molar-refractivity contribution in [3.05, 3.63) is 77.1 Å². The van der Waals surface area contributed by atoms with Crippen molar-refractivity contribution in [3.8, 4) is 17.2 Å². The van der Waals surface area contributed by atoms with E-state index in [0.717, 1.165) is 16.6 Å². The van der Waals surface area contributed by atoms with Crippen molar-refractivity contribution in [2.45, 2.75) is 0 Å². The number of pyridine rings is 1. The van der Waals surface area contributed by atoms with E-state index < -0.39 is 0 Å². The zero-order chi connectivity index (χ0) is 17.8. The van der Waals surface area contributed by atoms with Crippen LogP contribution in [0.4, 0.5) is 0 Å². The van der Waals surface area contributed by atoms with Crippen molar-refractivity contribution in [1.29, 1.82) is 0 Å². The van der Waals surface area contributed by atoms with E-state index in [4.69, 9.17) is 4.42 Å². The first-order valence-corrected chi connectivity index (χ1v) is 8.12. The minimum Gasteiger partial charge on any atom is -0.504 e. The fourth-order valence-corrected chi connectivity index (χ4v) is 3.44. The SMILES string of the molecule is O=c1c2c3cc(O)c(O)cc3oc2c2ccccc2n1-c1ccccc1. The number of aromatic hydroxyl groups is 2.